The van der Waals surface area contributed by atoms with E-state index in [2.05, 4.69) is 11.9 Å². The lowest BCUT2D eigenvalue weighted by molar-refractivity contribution is -0.105. The van der Waals surface area contributed by atoms with Crippen LogP contribution in [0.15, 0.2) is 24.8 Å². The number of hydrogen-bond acceptors (Lipinski definition) is 2. The van der Waals surface area contributed by atoms with Gasteiger partial charge in [-0.1, -0.05) is 18.7 Å². The Morgan fingerprint density at radius 3 is 2.85 bits per heavy atom. The molecule has 1 aromatic carbocycles. The van der Waals surface area contributed by atoms with Crippen molar-refractivity contribution in [2.24, 2.45) is 0 Å². The van der Waals surface area contributed by atoms with Gasteiger partial charge in [0.2, 0.25) is 6.41 Å². The summed E-state index contributed by atoms with van der Waals surface area (Å²) in [4.78, 5) is 10.2. The van der Waals surface area contributed by atoms with E-state index in [-0.39, 0.29) is 0 Å². The van der Waals surface area contributed by atoms with Crippen molar-refractivity contribution >= 4 is 18.2 Å². The van der Waals surface area contributed by atoms with Gasteiger partial charge in [-0.15, -0.1) is 0 Å². The summed E-state index contributed by atoms with van der Waals surface area (Å²) in [6.07, 6.45) is 2.32. The zero-order chi connectivity index (χ0) is 9.68. The van der Waals surface area contributed by atoms with Gasteiger partial charge in [-0.3, -0.25) is 4.79 Å². The Morgan fingerprint density at radius 1 is 1.54 bits per heavy atom. The van der Waals surface area contributed by atoms with Crippen molar-refractivity contribution in [1.29, 1.82) is 0 Å². The van der Waals surface area contributed by atoms with Crippen LogP contribution in [0.1, 0.15) is 5.56 Å². The minimum Gasteiger partial charge on any atom is -0.495 e. The Bertz CT molecular complexity index is 321. The molecule has 1 aromatic rings. The molecule has 3 nitrogen and oxygen atoms in total. The number of nitrogens with one attached hydrogen (secondary N) is 1. The molecule has 0 radical (unpaired) electrons. The molecule has 0 aromatic heterocycles. The van der Waals surface area contributed by atoms with E-state index in [1.54, 1.807) is 25.3 Å². The van der Waals surface area contributed by atoms with Crippen LogP contribution in [0.3, 0.4) is 0 Å². The highest BCUT2D eigenvalue weighted by atomic mass is 16.5. The third-order valence-electron chi connectivity index (χ3n) is 1.67. The number of ether oxygens (including phenoxy) is 1. The van der Waals surface area contributed by atoms with Gasteiger partial charge < -0.3 is 10.1 Å². The maximum absolute atomic E-state index is 10.2. The Labute approximate surface area is 77.0 Å². The van der Waals surface area contributed by atoms with E-state index in [4.69, 9.17) is 4.74 Å². The van der Waals surface area contributed by atoms with Crippen molar-refractivity contribution in [2.45, 2.75) is 0 Å². The Hall–Kier alpha value is -1.77. The molecule has 0 saturated heterocycles. The summed E-state index contributed by atoms with van der Waals surface area (Å²) in [7, 11) is 1.55. The molecule has 68 valence electrons. The van der Waals surface area contributed by atoms with E-state index in [1.165, 1.54) is 0 Å². The van der Waals surface area contributed by atoms with Crippen molar-refractivity contribution in [3.63, 3.8) is 0 Å². The molecule has 3 heteroatoms. The molecule has 0 fully saturated rings. The fourth-order valence-corrected chi connectivity index (χ4v) is 1.03. The van der Waals surface area contributed by atoms with Crippen LogP contribution >= 0.6 is 0 Å². The van der Waals surface area contributed by atoms with Gasteiger partial charge >= 0.3 is 0 Å². The zero-order valence-electron chi connectivity index (χ0n) is 7.41. The van der Waals surface area contributed by atoms with Gasteiger partial charge in [-0.05, 0) is 17.7 Å². The fraction of sp³-hybridized carbons (Fsp3) is 0.100. The second kappa shape index (κ2) is 4.30. The van der Waals surface area contributed by atoms with E-state index in [1.807, 2.05) is 6.07 Å². The van der Waals surface area contributed by atoms with Crippen molar-refractivity contribution in [3.8, 4) is 5.75 Å². The van der Waals surface area contributed by atoms with E-state index < -0.39 is 0 Å². The summed E-state index contributed by atoms with van der Waals surface area (Å²) in [5, 5.41) is 2.55. The van der Waals surface area contributed by atoms with Gasteiger partial charge in [0.05, 0.1) is 12.8 Å². The van der Waals surface area contributed by atoms with Crippen molar-refractivity contribution in [1.82, 2.24) is 0 Å². The van der Waals surface area contributed by atoms with Crippen molar-refractivity contribution < 1.29 is 9.53 Å². The average molecular weight is 177 g/mol. The molecule has 0 aliphatic heterocycles. The minimum atomic E-state index is 0.616. The first-order chi connectivity index (χ1) is 6.31. The highest BCUT2D eigenvalue weighted by Gasteiger charge is 2.01. The number of amides is 1. The van der Waals surface area contributed by atoms with Gasteiger partial charge in [0, 0.05) is 0 Å². The smallest absolute Gasteiger partial charge is 0.211 e. The maximum atomic E-state index is 10.2. The number of rotatable bonds is 4. The number of carbonyl (C=O) groups excluding carboxylic acids is 1. The summed E-state index contributed by atoms with van der Waals surface area (Å²) >= 11 is 0. The third kappa shape index (κ3) is 2.08. The molecule has 0 atom stereocenters. The normalized spacial score (nSPS) is 9.00. The largest absolute Gasteiger partial charge is 0.495 e. The van der Waals surface area contributed by atoms with Crippen LogP contribution in [-0.2, 0) is 4.79 Å². The number of carbonyl (C=O) groups is 1. The molecule has 13 heavy (non-hydrogen) atoms. The molecule has 1 amide bonds. The predicted octanol–water partition coefficient (Wildman–Crippen LogP) is 1.91. The van der Waals surface area contributed by atoms with Crippen LogP contribution in [-0.4, -0.2) is 13.5 Å². The molecule has 1 N–H and O–H groups in total. The van der Waals surface area contributed by atoms with Gasteiger partial charge in [0.1, 0.15) is 5.75 Å². The molecule has 0 saturated carbocycles. The Balaban J connectivity index is 3.08. The summed E-state index contributed by atoms with van der Waals surface area (Å²) in [5.74, 6) is 0.637. The Kier molecular flexibility index (Phi) is 3.09. The molecule has 0 bridgehead atoms. The molecule has 0 heterocycles. The molecule has 0 aliphatic carbocycles. The lowest BCUT2D eigenvalue weighted by Crippen LogP contribution is -1.97. The lowest BCUT2D eigenvalue weighted by atomic mass is 10.2. The second-order valence-corrected chi connectivity index (χ2v) is 2.43. The standard InChI is InChI=1S/C10H11NO2/c1-3-8-4-5-10(13-2)9(6-8)11-7-12/h3-7H,1H2,2H3,(H,11,12). The van der Waals surface area contributed by atoms with Gasteiger partial charge in [-0.25, -0.2) is 0 Å². The zero-order valence-corrected chi connectivity index (χ0v) is 7.41. The van der Waals surface area contributed by atoms with Crippen LogP contribution in [0, 0.1) is 0 Å². The van der Waals surface area contributed by atoms with Gasteiger partial charge in [0.25, 0.3) is 0 Å². The molecule has 0 spiro atoms. The number of benzene rings is 1. The topological polar surface area (TPSA) is 38.3 Å². The summed E-state index contributed by atoms with van der Waals surface area (Å²) in [6, 6.07) is 5.44. The third-order valence-corrected chi connectivity index (χ3v) is 1.67. The number of anilines is 1. The maximum Gasteiger partial charge on any atom is 0.211 e. The monoisotopic (exact) mass is 177 g/mol. The van der Waals surface area contributed by atoms with Gasteiger partial charge in [0.15, 0.2) is 0 Å². The first kappa shape index (κ1) is 9.32. The second-order valence-electron chi connectivity index (χ2n) is 2.43. The van der Waals surface area contributed by atoms with Crippen LogP contribution in [0.2, 0.25) is 0 Å². The molecular formula is C10H11NO2. The summed E-state index contributed by atoms with van der Waals surface area (Å²) < 4.78 is 5.04. The Morgan fingerprint density at radius 2 is 2.31 bits per heavy atom. The first-order valence-electron chi connectivity index (χ1n) is 3.82. The first-order valence-corrected chi connectivity index (χ1v) is 3.82. The summed E-state index contributed by atoms with van der Waals surface area (Å²) in [5.41, 5.74) is 1.58. The van der Waals surface area contributed by atoms with E-state index in [0.717, 1.165) is 5.56 Å². The van der Waals surface area contributed by atoms with Crippen LogP contribution in [0.25, 0.3) is 6.08 Å². The van der Waals surface area contributed by atoms with Crippen LogP contribution < -0.4 is 10.1 Å². The highest BCUT2D eigenvalue weighted by molar-refractivity contribution is 5.77. The van der Waals surface area contributed by atoms with Crippen LogP contribution in [0.4, 0.5) is 5.69 Å². The van der Waals surface area contributed by atoms with E-state index in [9.17, 15) is 4.79 Å². The highest BCUT2D eigenvalue weighted by Crippen LogP contribution is 2.25. The fourth-order valence-electron chi connectivity index (χ4n) is 1.03. The van der Waals surface area contributed by atoms with Gasteiger partial charge in [-0.2, -0.15) is 0 Å². The molecule has 1 rings (SSSR count). The minimum absolute atomic E-state index is 0.616. The molecule has 0 unspecified atom stereocenters. The quantitative estimate of drug-likeness (QED) is 0.713. The molecular weight excluding hydrogens is 166 g/mol. The average Bonchev–Trinajstić information content (AvgIpc) is 2.18. The lowest BCUT2D eigenvalue weighted by Gasteiger charge is -2.07. The number of methoxy groups -OCH3 is 1. The van der Waals surface area contributed by atoms with Crippen molar-refractivity contribution in [2.75, 3.05) is 12.4 Å². The van der Waals surface area contributed by atoms with Crippen molar-refractivity contribution in [3.05, 3.63) is 30.3 Å². The number of hydrogen-bond donors (Lipinski definition) is 1. The van der Waals surface area contributed by atoms with E-state index in [0.29, 0.717) is 17.8 Å². The van der Waals surface area contributed by atoms with E-state index >= 15 is 0 Å². The predicted molar refractivity (Wildman–Crippen MR) is 52.8 cm³/mol. The summed E-state index contributed by atoms with van der Waals surface area (Å²) in [6.45, 7) is 3.63. The SMILES string of the molecule is C=Cc1ccc(OC)c(NC=O)c1. The molecule has 0 aliphatic rings. The van der Waals surface area contributed by atoms with Crippen LogP contribution in [0.5, 0.6) is 5.75 Å².